The molecule has 1 amide bonds. The number of nitrogens with one attached hydrogen (secondary N) is 1. The zero-order chi connectivity index (χ0) is 14.8. The third kappa shape index (κ3) is 2.95. The summed E-state index contributed by atoms with van der Waals surface area (Å²) in [6.45, 7) is 2.03. The highest BCUT2D eigenvalue weighted by Gasteiger charge is 2.29. The van der Waals surface area contributed by atoms with E-state index >= 15 is 0 Å². The summed E-state index contributed by atoms with van der Waals surface area (Å²) in [5.41, 5.74) is 2.97. The summed E-state index contributed by atoms with van der Waals surface area (Å²) in [5.74, 6) is 0.701. The van der Waals surface area contributed by atoms with Crippen molar-refractivity contribution in [1.82, 2.24) is 0 Å². The molecular formula is C17H16BrNO2. The van der Waals surface area contributed by atoms with E-state index in [1.807, 2.05) is 55.5 Å². The molecule has 21 heavy (non-hydrogen) atoms. The molecule has 1 heterocycles. The van der Waals surface area contributed by atoms with Gasteiger partial charge in [-0.15, -0.1) is 0 Å². The molecule has 3 rings (SSSR count). The van der Waals surface area contributed by atoms with Gasteiger partial charge in [0.1, 0.15) is 5.75 Å². The highest BCUT2D eigenvalue weighted by molar-refractivity contribution is 9.09. The number of para-hydroxylation sites is 2. The third-order valence-corrected chi connectivity index (χ3v) is 4.08. The third-order valence-electron chi connectivity index (χ3n) is 3.59. The van der Waals surface area contributed by atoms with Gasteiger partial charge in [-0.05, 0) is 30.2 Å². The van der Waals surface area contributed by atoms with E-state index in [1.54, 1.807) is 0 Å². The lowest BCUT2D eigenvalue weighted by molar-refractivity contribution is -0.122. The van der Waals surface area contributed by atoms with Gasteiger partial charge in [-0.25, -0.2) is 0 Å². The second-order valence-electron chi connectivity index (χ2n) is 5.11. The molecule has 1 N–H and O–H groups in total. The number of hydrogen-bond donors (Lipinski definition) is 1. The van der Waals surface area contributed by atoms with Gasteiger partial charge in [0.05, 0.1) is 0 Å². The monoisotopic (exact) mass is 345 g/mol. The maximum atomic E-state index is 12.4. The lowest BCUT2D eigenvalue weighted by atomic mass is 10.1. The Hall–Kier alpha value is -1.81. The number of amides is 1. The van der Waals surface area contributed by atoms with Crippen LogP contribution >= 0.6 is 15.9 Å². The molecule has 1 aliphatic heterocycles. The molecule has 1 aliphatic rings. The minimum atomic E-state index is -0.457. The maximum Gasteiger partial charge on any atom is 0.265 e. The fraction of sp³-hybridized carbons (Fsp3) is 0.235. The normalized spacial score (nSPS) is 17.7. The molecule has 2 unspecified atom stereocenters. The van der Waals surface area contributed by atoms with Gasteiger partial charge < -0.3 is 10.1 Å². The predicted molar refractivity (Wildman–Crippen MR) is 87.0 cm³/mol. The van der Waals surface area contributed by atoms with E-state index < -0.39 is 6.10 Å². The number of ether oxygens (including phenoxy) is 1. The topological polar surface area (TPSA) is 38.3 Å². The van der Waals surface area contributed by atoms with Gasteiger partial charge in [0.25, 0.3) is 5.91 Å². The zero-order valence-corrected chi connectivity index (χ0v) is 13.3. The van der Waals surface area contributed by atoms with Crippen LogP contribution < -0.4 is 10.1 Å². The number of alkyl halides is 1. The summed E-state index contributed by atoms with van der Waals surface area (Å²) in [4.78, 5) is 12.6. The van der Waals surface area contributed by atoms with Gasteiger partial charge in [-0.3, -0.25) is 4.79 Å². The van der Waals surface area contributed by atoms with E-state index in [2.05, 4.69) is 21.2 Å². The van der Waals surface area contributed by atoms with Gasteiger partial charge in [0.2, 0.25) is 0 Å². The first kappa shape index (κ1) is 14.1. The van der Waals surface area contributed by atoms with E-state index in [0.29, 0.717) is 6.42 Å². The lowest BCUT2D eigenvalue weighted by Gasteiger charge is -2.15. The standard InChI is InChI=1S/C17H16BrNO2/c1-11(18)13-7-3-4-8-14(13)19-17(20)16-10-12-6-2-5-9-15(12)21-16/h2-9,11,16H,10H2,1H3,(H,19,20). The smallest absolute Gasteiger partial charge is 0.265 e. The fourth-order valence-electron chi connectivity index (χ4n) is 2.50. The van der Waals surface area contributed by atoms with Crippen LogP contribution in [0.4, 0.5) is 5.69 Å². The number of carbonyl (C=O) groups excluding carboxylic acids is 1. The Morgan fingerprint density at radius 2 is 1.95 bits per heavy atom. The quantitative estimate of drug-likeness (QED) is 0.851. The Kier molecular flexibility index (Phi) is 3.97. The molecule has 0 aromatic heterocycles. The van der Waals surface area contributed by atoms with Gasteiger partial charge >= 0.3 is 0 Å². The second kappa shape index (κ2) is 5.90. The van der Waals surface area contributed by atoms with Gasteiger partial charge in [-0.1, -0.05) is 52.3 Å². The first-order chi connectivity index (χ1) is 10.1. The molecular weight excluding hydrogens is 330 g/mol. The van der Waals surface area contributed by atoms with E-state index in [9.17, 15) is 4.79 Å². The van der Waals surface area contributed by atoms with Gasteiger partial charge in [0.15, 0.2) is 6.10 Å². The molecule has 108 valence electrons. The fourth-order valence-corrected chi connectivity index (χ4v) is 2.90. The van der Waals surface area contributed by atoms with Crippen molar-refractivity contribution in [3.05, 3.63) is 59.7 Å². The molecule has 4 heteroatoms. The first-order valence-corrected chi connectivity index (χ1v) is 7.85. The van der Waals surface area contributed by atoms with Crippen LogP contribution in [-0.2, 0) is 11.2 Å². The number of benzene rings is 2. The Morgan fingerprint density at radius 1 is 1.24 bits per heavy atom. The van der Waals surface area contributed by atoms with Crippen LogP contribution in [0.5, 0.6) is 5.75 Å². The zero-order valence-electron chi connectivity index (χ0n) is 11.7. The van der Waals surface area contributed by atoms with Crippen molar-refractivity contribution in [1.29, 1.82) is 0 Å². The predicted octanol–water partition coefficient (Wildman–Crippen LogP) is 4.08. The summed E-state index contributed by atoms with van der Waals surface area (Å²) in [5, 5.41) is 2.97. The maximum absolute atomic E-state index is 12.4. The molecule has 2 aromatic rings. The number of hydrogen-bond acceptors (Lipinski definition) is 2. The summed E-state index contributed by atoms with van der Waals surface area (Å²) in [6, 6.07) is 15.6. The van der Waals surface area contributed by atoms with Crippen molar-refractivity contribution in [2.24, 2.45) is 0 Å². The molecule has 0 saturated carbocycles. The molecule has 0 fully saturated rings. The molecule has 2 aromatic carbocycles. The minimum Gasteiger partial charge on any atom is -0.480 e. The highest BCUT2D eigenvalue weighted by Crippen LogP contribution is 2.31. The van der Waals surface area contributed by atoms with Crippen LogP contribution in [0.25, 0.3) is 0 Å². The molecule has 0 aliphatic carbocycles. The summed E-state index contributed by atoms with van der Waals surface area (Å²) in [6.07, 6.45) is 0.162. The van der Waals surface area contributed by atoms with Crippen molar-refractivity contribution in [3.63, 3.8) is 0 Å². The van der Waals surface area contributed by atoms with E-state index in [0.717, 1.165) is 22.6 Å². The molecule has 0 radical (unpaired) electrons. The molecule has 0 bridgehead atoms. The average Bonchev–Trinajstić information content (AvgIpc) is 2.91. The van der Waals surface area contributed by atoms with Crippen LogP contribution in [0.2, 0.25) is 0 Å². The summed E-state index contributed by atoms with van der Waals surface area (Å²) in [7, 11) is 0. The van der Waals surface area contributed by atoms with Crippen molar-refractivity contribution < 1.29 is 9.53 Å². The minimum absolute atomic E-state index is 0.105. The number of anilines is 1. The summed E-state index contributed by atoms with van der Waals surface area (Å²) < 4.78 is 5.72. The number of fused-ring (bicyclic) bond motifs is 1. The summed E-state index contributed by atoms with van der Waals surface area (Å²) >= 11 is 3.55. The van der Waals surface area contributed by atoms with E-state index in [-0.39, 0.29) is 10.7 Å². The Labute approximate surface area is 132 Å². The number of carbonyl (C=O) groups is 1. The van der Waals surface area contributed by atoms with Crippen molar-refractivity contribution >= 4 is 27.5 Å². The Balaban J connectivity index is 1.74. The SMILES string of the molecule is CC(Br)c1ccccc1NC(=O)C1Cc2ccccc2O1. The average molecular weight is 346 g/mol. The molecule has 0 spiro atoms. The van der Waals surface area contributed by atoms with Gasteiger partial charge in [0, 0.05) is 16.9 Å². The molecule has 3 nitrogen and oxygen atoms in total. The van der Waals surface area contributed by atoms with Crippen LogP contribution in [0.1, 0.15) is 22.9 Å². The van der Waals surface area contributed by atoms with Crippen molar-refractivity contribution in [3.8, 4) is 5.75 Å². The van der Waals surface area contributed by atoms with E-state index in [4.69, 9.17) is 4.74 Å². The van der Waals surface area contributed by atoms with Gasteiger partial charge in [-0.2, -0.15) is 0 Å². The second-order valence-corrected chi connectivity index (χ2v) is 6.48. The van der Waals surface area contributed by atoms with E-state index in [1.165, 1.54) is 0 Å². The largest absolute Gasteiger partial charge is 0.480 e. The van der Waals surface area contributed by atoms with Crippen LogP contribution in [0.3, 0.4) is 0 Å². The van der Waals surface area contributed by atoms with Crippen LogP contribution in [-0.4, -0.2) is 12.0 Å². The van der Waals surface area contributed by atoms with Crippen LogP contribution in [0, 0.1) is 0 Å². The lowest BCUT2D eigenvalue weighted by Crippen LogP contribution is -2.31. The van der Waals surface area contributed by atoms with Crippen molar-refractivity contribution in [2.75, 3.05) is 5.32 Å². The van der Waals surface area contributed by atoms with Crippen molar-refractivity contribution in [2.45, 2.75) is 24.3 Å². The highest BCUT2D eigenvalue weighted by atomic mass is 79.9. The van der Waals surface area contributed by atoms with Crippen LogP contribution in [0.15, 0.2) is 48.5 Å². The first-order valence-electron chi connectivity index (χ1n) is 6.93. The molecule has 0 saturated heterocycles. The molecule has 2 atom stereocenters. The number of rotatable bonds is 3. The number of halogens is 1. The Morgan fingerprint density at radius 3 is 2.71 bits per heavy atom. The Bertz CT molecular complexity index is 644.